The second kappa shape index (κ2) is 4.01. The maximum absolute atomic E-state index is 13.9. The molecule has 3 unspecified atom stereocenters. The molecule has 1 saturated heterocycles. The number of alkyl halides is 1. The molecule has 2 heterocycles. The van der Waals surface area contributed by atoms with Crippen LogP contribution in [0.2, 0.25) is 0 Å². The molecular weight excluding hydrogens is 247 g/mol. The maximum atomic E-state index is 13.9. The summed E-state index contributed by atoms with van der Waals surface area (Å²) in [7, 11) is 0. The number of nitrogens with one attached hydrogen (secondary N) is 1. The summed E-state index contributed by atoms with van der Waals surface area (Å²) in [6.07, 6.45) is -0.699. The van der Waals surface area contributed by atoms with E-state index in [4.69, 9.17) is 9.84 Å². The van der Waals surface area contributed by atoms with Crippen molar-refractivity contribution in [3.05, 3.63) is 33.1 Å². The van der Waals surface area contributed by atoms with Crippen LogP contribution in [0.25, 0.3) is 0 Å². The van der Waals surface area contributed by atoms with E-state index < -0.39 is 42.0 Å². The Kier molecular flexibility index (Phi) is 2.88. The number of H-pyrrole nitrogens is 1. The van der Waals surface area contributed by atoms with Crippen LogP contribution in [0, 0.1) is 0 Å². The highest BCUT2D eigenvalue weighted by atomic mass is 19.2. The summed E-state index contributed by atoms with van der Waals surface area (Å²) in [4.78, 5) is 24.4. The predicted molar refractivity (Wildman–Crippen MR) is 57.6 cm³/mol. The zero-order chi connectivity index (χ0) is 13.6. The van der Waals surface area contributed by atoms with Crippen molar-refractivity contribution in [3.8, 4) is 0 Å². The van der Waals surface area contributed by atoms with E-state index in [1.165, 1.54) is 6.92 Å². The number of aromatic nitrogens is 2. The normalized spacial score (nSPS) is 35.9. The SMILES string of the molecule is CC1(O)CC(F)(CO)OC1n1ccc(=O)[nH]c1=O. The van der Waals surface area contributed by atoms with Gasteiger partial charge in [0.2, 0.25) is 5.85 Å². The highest BCUT2D eigenvalue weighted by Gasteiger charge is 2.54. The minimum absolute atomic E-state index is 0.479. The van der Waals surface area contributed by atoms with Crippen molar-refractivity contribution in [3.63, 3.8) is 0 Å². The second-order valence-corrected chi connectivity index (χ2v) is 4.56. The van der Waals surface area contributed by atoms with Crippen LogP contribution in [0.3, 0.4) is 0 Å². The van der Waals surface area contributed by atoms with Gasteiger partial charge in [0.25, 0.3) is 5.56 Å². The van der Waals surface area contributed by atoms with Crippen LogP contribution < -0.4 is 11.2 Å². The van der Waals surface area contributed by atoms with E-state index in [2.05, 4.69) is 0 Å². The molecule has 8 heteroatoms. The van der Waals surface area contributed by atoms with Crippen LogP contribution in [-0.4, -0.2) is 37.8 Å². The van der Waals surface area contributed by atoms with Crippen molar-refractivity contribution < 1.29 is 19.3 Å². The summed E-state index contributed by atoms with van der Waals surface area (Å²) in [6.45, 7) is 0.351. The molecule has 1 aromatic rings. The van der Waals surface area contributed by atoms with Gasteiger partial charge in [0, 0.05) is 18.7 Å². The van der Waals surface area contributed by atoms with E-state index in [9.17, 15) is 19.1 Å². The van der Waals surface area contributed by atoms with E-state index in [-0.39, 0.29) is 0 Å². The van der Waals surface area contributed by atoms with E-state index in [0.29, 0.717) is 0 Å². The zero-order valence-electron chi connectivity index (χ0n) is 9.59. The molecule has 18 heavy (non-hydrogen) atoms. The Labute approximate surface area is 100 Å². The number of aliphatic hydroxyl groups excluding tert-OH is 1. The molecule has 0 radical (unpaired) electrons. The Morgan fingerprint density at radius 1 is 1.67 bits per heavy atom. The largest absolute Gasteiger partial charge is 0.390 e. The topological polar surface area (TPSA) is 105 Å². The lowest BCUT2D eigenvalue weighted by Crippen LogP contribution is -2.40. The Morgan fingerprint density at radius 3 is 2.83 bits per heavy atom. The van der Waals surface area contributed by atoms with Crippen molar-refractivity contribution in [1.82, 2.24) is 9.55 Å². The van der Waals surface area contributed by atoms with E-state index in [0.717, 1.165) is 16.8 Å². The number of rotatable bonds is 2. The third-order valence-electron chi connectivity index (χ3n) is 2.82. The number of hydrogen-bond acceptors (Lipinski definition) is 5. The van der Waals surface area contributed by atoms with Gasteiger partial charge >= 0.3 is 5.69 Å². The van der Waals surface area contributed by atoms with Gasteiger partial charge in [0.05, 0.1) is 0 Å². The average molecular weight is 260 g/mol. The molecule has 0 spiro atoms. The van der Waals surface area contributed by atoms with E-state index in [1.807, 2.05) is 4.98 Å². The van der Waals surface area contributed by atoms with Crippen molar-refractivity contribution in [2.24, 2.45) is 0 Å². The fourth-order valence-electron chi connectivity index (χ4n) is 2.05. The van der Waals surface area contributed by atoms with Gasteiger partial charge in [-0.1, -0.05) is 0 Å². The lowest BCUT2D eigenvalue weighted by atomic mass is 9.99. The molecule has 1 fully saturated rings. The Balaban J connectivity index is 2.45. The average Bonchev–Trinajstić information content (AvgIpc) is 2.50. The van der Waals surface area contributed by atoms with Gasteiger partial charge in [-0.3, -0.25) is 14.3 Å². The lowest BCUT2D eigenvalue weighted by Gasteiger charge is -2.24. The Hall–Kier alpha value is -1.51. The van der Waals surface area contributed by atoms with Gasteiger partial charge in [0.15, 0.2) is 6.23 Å². The third kappa shape index (κ3) is 2.09. The summed E-state index contributed by atoms with van der Waals surface area (Å²) in [5.41, 5.74) is -3.11. The number of halogens is 1. The molecular formula is C10H13FN2O5. The van der Waals surface area contributed by atoms with Crippen LogP contribution in [0.1, 0.15) is 19.6 Å². The first-order valence-corrected chi connectivity index (χ1v) is 5.29. The summed E-state index contributed by atoms with van der Waals surface area (Å²) in [5, 5.41) is 18.9. The van der Waals surface area contributed by atoms with Gasteiger partial charge in [-0.2, -0.15) is 0 Å². The first kappa shape index (κ1) is 12.9. The molecule has 100 valence electrons. The quantitative estimate of drug-likeness (QED) is 0.623. The maximum Gasteiger partial charge on any atom is 0.330 e. The summed E-state index contributed by atoms with van der Waals surface area (Å²) in [6, 6.07) is 1.05. The van der Waals surface area contributed by atoms with Crippen LogP contribution in [0.15, 0.2) is 21.9 Å². The van der Waals surface area contributed by atoms with Crippen molar-refractivity contribution in [2.45, 2.75) is 31.0 Å². The third-order valence-corrected chi connectivity index (χ3v) is 2.82. The van der Waals surface area contributed by atoms with Crippen LogP contribution in [0.5, 0.6) is 0 Å². The summed E-state index contributed by atoms with van der Waals surface area (Å²) in [5.74, 6) is -2.41. The molecule has 0 aromatic carbocycles. The van der Waals surface area contributed by atoms with Gasteiger partial charge in [0.1, 0.15) is 12.2 Å². The van der Waals surface area contributed by atoms with E-state index >= 15 is 0 Å². The number of hydrogen-bond donors (Lipinski definition) is 3. The minimum Gasteiger partial charge on any atom is -0.390 e. The van der Waals surface area contributed by atoms with E-state index in [1.54, 1.807) is 0 Å². The second-order valence-electron chi connectivity index (χ2n) is 4.56. The smallest absolute Gasteiger partial charge is 0.330 e. The highest BCUT2D eigenvalue weighted by molar-refractivity contribution is 4.97. The lowest BCUT2D eigenvalue weighted by molar-refractivity contribution is -0.185. The number of aliphatic hydroxyl groups is 2. The Morgan fingerprint density at radius 2 is 2.33 bits per heavy atom. The first-order chi connectivity index (χ1) is 8.27. The van der Waals surface area contributed by atoms with Crippen LogP contribution in [-0.2, 0) is 4.74 Å². The fraction of sp³-hybridized carbons (Fsp3) is 0.600. The Bertz CT molecular complexity index is 566. The predicted octanol–water partition coefficient (Wildman–Crippen LogP) is -1.14. The molecule has 1 aliphatic heterocycles. The zero-order valence-corrected chi connectivity index (χ0v) is 9.59. The van der Waals surface area contributed by atoms with Crippen molar-refractivity contribution in [2.75, 3.05) is 6.61 Å². The van der Waals surface area contributed by atoms with Gasteiger partial charge < -0.3 is 14.9 Å². The number of nitrogens with zero attached hydrogens (tertiary/aromatic N) is 1. The number of ether oxygens (including phenoxy) is 1. The molecule has 3 atom stereocenters. The summed E-state index contributed by atoms with van der Waals surface area (Å²) < 4.78 is 19.6. The summed E-state index contributed by atoms with van der Waals surface area (Å²) >= 11 is 0. The minimum atomic E-state index is -2.41. The fourth-order valence-corrected chi connectivity index (χ4v) is 2.05. The van der Waals surface area contributed by atoms with Crippen LogP contribution >= 0.6 is 0 Å². The molecule has 7 nitrogen and oxygen atoms in total. The molecule has 1 aliphatic rings. The molecule has 3 N–H and O–H groups in total. The van der Waals surface area contributed by atoms with Crippen LogP contribution in [0.4, 0.5) is 4.39 Å². The molecule has 2 rings (SSSR count). The molecule has 0 aliphatic carbocycles. The standard InChI is InChI=1S/C10H13FN2O5/c1-9(17)4-10(11,5-14)18-7(9)13-3-2-6(15)12-8(13)16/h2-3,7,14,17H,4-5H2,1H3,(H,12,15,16). The highest BCUT2D eigenvalue weighted by Crippen LogP contribution is 2.43. The monoisotopic (exact) mass is 260 g/mol. The van der Waals surface area contributed by atoms with Gasteiger partial charge in [-0.05, 0) is 6.92 Å². The molecule has 1 aromatic heterocycles. The van der Waals surface area contributed by atoms with Crippen molar-refractivity contribution in [1.29, 1.82) is 0 Å². The molecule has 0 amide bonds. The van der Waals surface area contributed by atoms with Gasteiger partial charge in [-0.25, -0.2) is 9.18 Å². The molecule has 0 bridgehead atoms. The van der Waals surface area contributed by atoms with Crippen molar-refractivity contribution >= 4 is 0 Å². The molecule has 0 saturated carbocycles. The number of aromatic amines is 1. The first-order valence-electron chi connectivity index (χ1n) is 5.29. The van der Waals surface area contributed by atoms with Gasteiger partial charge in [-0.15, -0.1) is 0 Å².